The number of carbonyl (C=O) groups excluding carboxylic acids is 1. The lowest BCUT2D eigenvalue weighted by atomic mass is 10.0. The molecule has 4 rings (SSSR count). The zero-order valence-electron chi connectivity index (χ0n) is 13.3. The number of aromatic hydroxyl groups is 2. The minimum Gasteiger partial charge on any atom is -0.494 e. The molecule has 0 saturated carbocycles. The number of ketones is 1. The van der Waals surface area contributed by atoms with Gasteiger partial charge in [0.15, 0.2) is 5.78 Å². The largest absolute Gasteiger partial charge is 0.494 e. The van der Waals surface area contributed by atoms with Gasteiger partial charge in [0, 0.05) is 5.56 Å². The molecule has 3 heterocycles. The van der Waals surface area contributed by atoms with Crippen LogP contribution in [0, 0.1) is 0 Å². The smallest absolute Gasteiger partial charge is 0.205 e. The lowest BCUT2D eigenvalue weighted by molar-refractivity contribution is 0.0842. The van der Waals surface area contributed by atoms with Gasteiger partial charge >= 0.3 is 0 Å². The van der Waals surface area contributed by atoms with Crippen molar-refractivity contribution in [3.63, 3.8) is 0 Å². The maximum Gasteiger partial charge on any atom is 0.205 e. The van der Waals surface area contributed by atoms with Gasteiger partial charge in [-0.3, -0.25) is 4.79 Å². The monoisotopic (exact) mass is 327 g/mol. The summed E-state index contributed by atoms with van der Waals surface area (Å²) in [5, 5.41) is 21.4. The predicted octanol–water partition coefficient (Wildman–Crippen LogP) is 3.17. The quantitative estimate of drug-likeness (QED) is 0.666. The van der Waals surface area contributed by atoms with E-state index < -0.39 is 0 Å². The highest BCUT2D eigenvalue weighted by atomic mass is 16.5. The summed E-state index contributed by atoms with van der Waals surface area (Å²) in [5.74, 6) is 0.174. The van der Waals surface area contributed by atoms with Crippen LogP contribution in [0.25, 0.3) is 5.69 Å². The van der Waals surface area contributed by atoms with E-state index >= 15 is 0 Å². The van der Waals surface area contributed by atoms with Crippen LogP contribution in [0.3, 0.4) is 0 Å². The second-order valence-electron chi connectivity index (χ2n) is 5.84. The van der Waals surface area contributed by atoms with E-state index in [2.05, 4.69) is 0 Å². The number of hydrogen-bond donors (Lipinski definition) is 2. The number of Topliss-reactive ketones (excluding diaryl/α,β-unsaturated/α-hetero) is 1. The summed E-state index contributed by atoms with van der Waals surface area (Å²) >= 11 is 0. The first-order chi connectivity index (χ1) is 11.5. The predicted molar refractivity (Wildman–Crippen MR) is 86.0 cm³/mol. The van der Waals surface area contributed by atoms with Gasteiger partial charge in [-0.25, -0.2) is 4.57 Å². The van der Waals surface area contributed by atoms with Crippen molar-refractivity contribution in [1.82, 2.24) is 4.57 Å². The number of hydrogen-bond acceptors (Lipinski definition) is 5. The van der Waals surface area contributed by atoms with Crippen LogP contribution in [-0.2, 0) is 4.74 Å². The Morgan fingerprint density at radius 2 is 1.83 bits per heavy atom. The highest BCUT2D eigenvalue weighted by molar-refractivity contribution is 5.95. The molecule has 124 valence electrons. The molecule has 24 heavy (non-hydrogen) atoms. The van der Waals surface area contributed by atoms with Crippen molar-refractivity contribution in [2.75, 3.05) is 6.61 Å². The van der Waals surface area contributed by atoms with E-state index in [-0.39, 0.29) is 29.8 Å². The van der Waals surface area contributed by atoms with Gasteiger partial charge in [-0.2, -0.15) is 0 Å². The molecule has 6 heteroatoms. The van der Waals surface area contributed by atoms with E-state index in [1.165, 1.54) is 11.5 Å². The Morgan fingerprint density at radius 3 is 2.38 bits per heavy atom. The molecule has 0 amide bonds. The van der Waals surface area contributed by atoms with Crippen molar-refractivity contribution in [2.24, 2.45) is 0 Å². The maximum absolute atomic E-state index is 11.7. The number of carbonyl (C=O) groups is 1. The average molecular weight is 327 g/mol. The number of ether oxygens (including phenoxy) is 2. The molecule has 2 aliphatic rings. The van der Waals surface area contributed by atoms with Gasteiger partial charge in [-0.15, -0.1) is 0 Å². The number of benzene rings is 1. The Morgan fingerprint density at radius 1 is 1.21 bits per heavy atom. The van der Waals surface area contributed by atoms with E-state index in [0.717, 1.165) is 0 Å². The second kappa shape index (κ2) is 5.14. The van der Waals surface area contributed by atoms with E-state index in [9.17, 15) is 15.0 Å². The van der Waals surface area contributed by atoms with Crippen LogP contribution in [0.5, 0.6) is 17.5 Å². The first kappa shape index (κ1) is 14.8. The number of fused-ring (bicyclic) bond motifs is 5. The highest BCUT2D eigenvalue weighted by Crippen LogP contribution is 2.55. The molecule has 1 aromatic carbocycles. The van der Waals surface area contributed by atoms with Crippen LogP contribution in [0.1, 0.15) is 47.5 Å². The van der Waals surface area contributed by atoms with Gasteiger partial charge in [-0.1, -0.05) is 12.2 Å². The topological polar surface area (TPSA) is 80.9 Å². The summed E-state index contributed by atoms with van der Waals surface area (Å²) in [4.78, 5) is 11.7. The molecule has 6 nitrogen and oxygen atoms in total. The number of rotatable bonds is 4. The molecule has 2 aliphatic heterocycles. The van der Waals surface area contributed by atoms with Crippen LogP contribution >= 0.6 is 0 Å². The Balaban J connectivity index is 1.94. The molecule has 0 aliphatic carbocycles. The summed E-state index contributed by atoms with van der Waals surface area (Å²) in [6.45, 7) is 3.73. The van der Waals surface area contributed by atoms with Crippen molar-refractivity contribution in [3.8, 4) is 23.2 Å². The molecule has 1 aromatic heterocycles. The normalized spacial score (nSPS) is 20.4. The van der Waals surface area contributed by atoms with Crippen LogP contribution < -0.4 is 4.74 Å². The summed E-state index contributed by atoms with van der Waals surface area (Å²) in [5.41, 5.74) is 2.03. The third kappa shape index (κ3) is 1.89. The van der Waals surface area contributed by atoms with Crippen molar-refractivity contribution in [3.05, 3.63) is 47.0 Å². The van der Waals surface area contributed by atoms with E-state index in [1.54, 1.807) is 18.2 Å². The molecule has 0 spiro atoms. The molecule has 0 saturated heterocycles. The van der Waals surface area contributed by atoms with Gasteiger partial charge in [0.2, 0.25) is 11.8 Å². The van der Waals surface area contributed by atoms with Crippen LogP contribution in [0.2, 0.25) is 0 Å². The molecular formula is C18H17NO5. The van der Waals surface area contributed by atoms with Gasteiger partial charge in [-0.05, 0) is 32.0 Å². The molecule has 2 atom stereocenters. The summed E-state index contributed by atoms with van der Waals surface area (Å²) in [6, 6.07) is 4.94. The Hall–Kier alpha value is -2.73. The van der Waals surface area contributed by atoms with Crippen LogP contribution in [0.4, 0.5) is 0 Å². The fourth-order valence-corrected chi connectivity index (χ4v) is 3.34. The molecule has 2 bridgehead atoms. The first-order valence-corrected chi connectivity index (χ1v) is 7.81. The number of aromatic nitrogens is 1. The minimum absolute atomic E-state index is 0.0963. The van der Waals surface area contributed by atoms with E-state index in [4.69, 9.17) is 9.47 Å². The zero-order valence-corrected chi connectivity index (χ0v) is 13.3. The van der Waals surface area contributed by atoms with Crippen LogP contribution in [0.15, 0.2) is 30.4 Å². The molecule has 2 aromatic rings. The van der Waals surface area contributed by atoms with Gasteiger partial charge in [0.1, 0.15) is 18.0 Å². The molecule has 0 fully saturated rings. The molecular weight excluding hydrogens is 310 g/mol. The third-order valence-electron chi connectivity index (χ3n) is 4.42. The Kier molecular flexibility index (Phi) is 3.18. The fourth-order valence-electron chi connectivity index (χ4n) is 3.34. The van der Waals surface area contributed by atoms with E-state index in [0.29, 0.717) is 34.7 Å². The SMILES string of the molecule is CCOc1ccc(C(C)=O)cc1-n1c(O)c2c(c1O)C1C=CC2O1. The Bertz CT molecular complexity index is 845. The van der Waals surface area contributed by atoms with Gasteiger partial charge < -0.3 is 19.7 Å². The average Bonchev–Trinajstić information content (AvgIpc) is 3.22. The van der Waals surface area contributed by atoms with Gasteiger partial charge in [0.25, 0.3) is 0 Å². The maximum atomic E-state index is 11.7. The number of nitrogens with zero attached hydrogens (tertiary/aromatic N) is 1. The van der Waals surface area contributed by atoms with Crippen molar-refractivity contribution in [1.29, 1.82) is 0 Å². The summed E-state index contributed by atoms with van der Waals surface area (Å²) in [6.07, 6.45) is 2.99. The molecule has 2 N–H and O–H groups in total. The molecule has 2 unspecified atom stereocenters. The second-order valence-corrected chi connectivity index (χ2v) is 5.84. The van der Waals surface area contributed by atoms with Gasteiger partial charge in [0.05, 0.1) is 23.4 Å². The lowest BCUT2D eigenvalue weighted by Gasteiger charge is -2.15. The Labute approximate surface area is 138 Å². The van der Waals surface area contributed by atoms with Crippen molar-refractivity contribution < 1.29 is 24.5 Å². The molecule has 0 radical (unpaired) electrons. The third-order valence-corrected chi connectivity index (χ3v) is 4.42. The minimum atomic E-state index is -0.358. The van der Waals surface area contributed by atoms with Crippen LogP contribution in [-0.4, -0.2) is 27.2 Å². The van der Waals surface area contributed by atoms with Crippen molar-refractivity contribution >= 4 is 5.78 Å². The lowest BCUT2D eigenvalue weighted by Crippen LogP contribution is -2.04. The first-order valence-electron chi connectivity index (χ1n) is 7.81. The highest BCUT2D eigenvalue weighted by Gasteiger charge is 2.42. The fraction of sp³-hybridized carbons (Fsp3) is 0.278. The summed E-state index contributed by atoms with van der Waals surface area (Å²) in [7, 11) is 0. The van der Waals surface area contributed by atoms with Crippen molar-refractivity contribution in [2.45, 2.75) is 26.1 Å². The standard InChI is InChI=1S/C18H17NO5/c1-3-23-12-5-4-10(9(2)20)8-11(12)19-17(21)15-13-6-7-14(24-13)16(15)18(19)22/h4-8,13-14,21-22H,3H2,1-2H3. The summed E-state index contributed by atoms with van der Waals surface area (Å²) < 4.78 is 12.6. The zero-order chi connectivity index (χ0) is 17.0. The van der Waals surface area contributed by atoms with E-state index in [1.807, 2.05) is 19.1 Å².